The molecule has 3 rings (SSSR count). The monoisotopic (exact) mass is 287 g/mol. The minimum atomic E-state index is -0.188. The molecule has 1 aromatic carbocycles. The molecule has 0 spiro atoms. The van der Waals surface area contributed by atoms with E-state index in [4.69, 9.17) is 9.83 Å². The number of fused-ring (bicyclic) bond motifs is 1. The first-order valence-electron chi connectivity index (χ1n) is 7.60. The molecule has 1 saturated carbocycles. The van der Waals surface area contributed by atoms with Crippen LogP contribution < -0.4 is 5.55 Å². The van der Waals surface area contributed by atoms with Gasteiger partial charge in [-0.3, -0.25) is 5.41 Å². The van der Waals surface area contributed by atoms with Crippen LogP contribution in [0.3, 0.4) is 0 Å². The van der Waals surface area contributed by atoms with Gasteiger partial charge in [-0.1, -0.05) is 6.92 Å². The summed E-state index contributed by atoms with van der Waals surface area (Å²) in [4.78, 5) is 0. The zero-order valence-corrected chi connectivity index (χ0v) is 12.2. The number of aliphatic hydroxyl groups excluding tert-OH is 1. The summed E-state index contributed by atoms with van der Waals surface area (Å²) in [6, 6.07) is 5.59. The third-order valence-electron chi connectivity index (χ3n) is 4.51. The number of nitrogens with one attached hydrogen (secondary N) is 1. The molecular weight excluding hydrogens is 266 g/mol. The molecule has 4 nitrogen and oxygen atoms in total. The third kappa shape index (κ3) is 2.68. The van der Waals surface area contributed by atoms with Crippen LogP contribution in [0.25, 0.3) is 11.0 Å². The first-order chi connectivity index (χ1) is 10.1. The van der Waals surface area contributed by atoms with Gasteiger partial charge in [-0.05, 0) is 61.8 Å². The maximum Gasteiger partial charge on any atom is 0.215 e. The zero-order chi connectivity index (χ0) is 15.0. The van der Waals surface area contributed by atoms with E-state index in [2.05, 4.69) is 0 Å². The van der Waals surface area contributed by atoms with Crippen LogP contribution in [0.1, 0.15) is 49.7 Å². The van der Waals surface area contributed by atoms with Crippen molar-refractivity contribution in [2.45, 2.75) is 51.0 Å². The Morgan fingerprint density at radius 2 is 1.90 bits per heavy atom. The number of hydrogen-bond donors (Lipinski definition) is 3. The van der Waals surface area contributed by atoms with Gasteiger partial charge in [0.15, 0.2) is 0 Å². The average molecular weight is 287 g/mol. The Morgan fingerprint density at radius 1 is 1.19 bits per heavy atom. The number of aliphatic hydroxyl groups is 1. The summed E-state index contributed by atoms with van der Waals surface area (Å²) in [6.07, 6.45) is 3.98. The molecule has 1 heterocycles. The number of aromatic hydroxyl groups is 1. The molecule has 0 amide bonds. The summed E-state index contributed by atoms with van der Waals surface area (Å²) >= 11 is 0. The molecule has 3 N–H and O–H groups in total. The van der Waals surface area contributed by atoms with E-state index in [1.807, 2.05) is 25.1 Å². The molecule has 4 heteroatoms. The molecule has 0 radical (unpaired) electrons. The highest BCUT2D eigenvalue weighted by atomic mass is 16.3. The van der Waals surface area contributed by atoms with Gasteiger partial charge in [0, 0.05) is 5.56 Å². The van der Waals surface area contributed by atoms with Gasteiger partial charge in [0.2, 0.25) is 5.55 Å². The van der Waals surface area contributed by atoms with E-state index >= 15 is 0 Å². The molecular formula is C17H21NO3. The van der Waals surface area contributed by atoms with E-state index in [1.54, 1.807) is 0 Å². The smallest absolute Gasteiger partial charge is 0.215 e. The van der Waals surface area contributed by atoms with Gasteiger partial charge in [0.1, 0.15) is 11.3 Å². The van der Waals surface area contributed by atoms with Crippen molar-refractivity contribution < 1.29 is 14.6 Å². The van der Waals surface area contributed by atoms with Gasteiger partial charge in [-0.2, -0.15) is 0 Å². The molecule has 112 valence electrons. The molecule has 0 unspecified atom stereocenters. The topological polar surface area (TPSA) is 77.5 Å². The van der Waals surface area contributed by atoms with Crippen LogP contribution in [0.15, 0.2) is 22.6 Å². The first kappa shape index (κ1) is 14.1. The van der Waals surface area contributed by atoms with Crippen molar-refractivity contribution in [3.63, 3.8) is 0 Å². The summed E-state index contributed by atoms with van der Waals surface area (Å²) in [7, 11) is 0. The van der Waals surface area contributed by atoms with Gasteiger partial charge in [0.25, 0.3) is 0 Å². The fraction of sp³-hybridized carbons (Fsp3) is 0.471. The van der Waals surface area contributed by atoms with Crippen molar-refractivity contribution in [3.8, 4) is 5.75 Å². The van der Waals surface area contributed by atoms with Crippen LogP contribution in [0, 0.1) is 5.41 Å². The SMILES string of the molecule is CCc1cc2c(O)cc(C3CCC(O)CC3)cc2oc1=N. The molecule has 1 aromatic heterocycles. The number of phenols is 1. The van der Waals surface area contributed by atoms with Crippen LogP contribution in [-0.4, -0.2) is 16.3 Å². The summed E-state index contributed by atoms with van der Waals surface area (Å²) in [6.45, 7) is 1.97. The number of rotatable bonds is 2. The lowest BCUT2D eigenvalue weighted by atomic mass is 9.82. The lowest BCUT2D eigenvalue weighted by molar-refractivity contribution is 0.122. The summed E-state index contributed by atoms with van der Waals surface area (Å²) in [5.74, 6) is 0.561. The Labute approximate surface area is 123 Å². The van der Waals surface area contributed by atoms with Crippen molar-refractivity contribution in [2.24, 2.45) is 0 Å². The van der Waals surface area contributed by atoms with Crippen LogP contribution >= 0.6 is 0 Å². The predicted octanol–water partition coefficient (Wildman–Crippen LogP) is 3.20. The number of benzene rings is 1. The molecule has 0 bridgehead atoms. The number of hydrogen-bond acceptors (Lipinski definition) is 4. The Morgan fingerprint density at radius 3 is 2.57 bits per heavy atom. The van der Waals surface area contributed by atoms with E-state index in [0.717, 1.165) is 36.8 Å². The lowest BCUT2D eigenvalue weighted by Gasteiger charge is -2.25. The standard InChI is InChI=1S/C17H21NO3/c1-2-10-7-14-15(20)8-12(9-16(14)21-17(10)18)11-3-5-13(19)6-4-11/h7-9,11,13,18-20H,2-6H2,1H3. The largest absolute Gasteiger partial charge is 0.507 e. The third-order valence-corrected chi connectivity index (χ3v) is 4.51. The average Bonchev–Trinajstić information content (AvgIpc) is 2.47. The van der Waals surface area contributed by atoms with Crippen LogP contribution in [0.5, 0.6) is 5.75 Å². The highest BCUT2D eigenvalue weighted by Crippen LogP contribution is 2.37. The fourth-order valence-corrected chi connectivity index (χ4v) is 3.18. The van der Waals surface area contributed by atoms with E-state index in [-0.39, 0.29) is 17.4 Å². The normalized spacial score (nSPS) is 22.6. The van der Waals surface area contributed by atoms with Crippen molar-refractivity contribution in [1.29, 1.82) is 5.41 Å². The lowest BCUT2D eigenvalue weighted by Crippen LogP contribution is -2.17. The second-order valence-corrected chi connectivity index (χ2v) is 5.91. The van der Waals surface area contributed by atoms with Gasteiger partial charge < -0.3 is 14.6 Å². The Kier molecular flexibility index (Phi) is 3.72. The van der Waals surface area contributed by atoms with E-state index in [1.165, 1.54) is 0 Å². The summed E-state index contributed by atoms with van der Waals surface area (Å²) in [5.41, 5.74) is 2.57. The van der Waals surface area contributed by atoms with Gasteiger partial charge >= 0.3 is 0 Å². The molecule has 21 heavy (non-hydrogen) atoms. The second kappa shape index (κ2) is 5.53. The molecule has 2 aromatic rings. The first-order valence-corrected chi connectivity index (χ1v) is 7.60. The fourth-order valence-electron chi connectivity index (χ4n) is 3.18. The maximum absolute atomic E-state index is 10.3. The predicted molar refractivity (Wildman–Crippen MR) is 80.3 cm³/mol. The number of phenolic OH excluding ortho intramolecular Hbond substituents is 1. The van der Waals surface area contributed by atoms with Crippen molar-refractivity contribution in [3.05, 3.63) is 34.9 Å². The molecule has 0 aliphatic heterocycles. The van der Waals surface area contributed by atoms with Crippen LogP contribution in [0.4, 0.5) is 0 Å². The van der Waals surface area contributed by atoms with Crippen molar-refractivity contribution >= 4 is 11.0 Å². The minimum absolute atomic E-state index is 0.167. The molecule has 0 saturated heterocycles. The van der Waals surface area contributed by atoms with E-state index in [9.17, 15) is 10.2 Å². The van der Waals surface area contributed by atoms with Crippen LogP contribution in [-0.2, 0) is 6.42 Å². The molecule has 1 aliphatic rings. The van der Waals surface area contributed by atoms with E-state index in [0.29, 0.717) is 23.3 Å². The molecule has 0 atom stereocenters. The number of aryl methyl sites for hydroxylation is 1. The van der Waals surface area contributed by atoms with Gasteiger partial charge in [0.05, 0.1) is 11.5 Å². The second-order valence-electron chi connectivity index (χ2n) is 5.91. The van der Waals surface area contributed by atoms with Gasteiger partial charge in [-0.15, -0.1) is 0 Å². The van der Waals surface area contributed by atoms with Crippen molar-refractivity contribution in [1.82, 2.24) is 0 Å². The highest BCUT2D eigenvalue weighted by Gasteiger charge is 2.22. The van der Waals surface area contributed by atoms with E-state index < -0.39 is 0 Å². The maximum atomic E-state index is 10.3. The molecule has 1 aliphatic carbocycles. The summed E-state index contributed by atoms with van der Waals surface area (Å²) in [5, 5.41) is 28.4. The summed E-state index contributed by atoms with van der Waals surface area (Å²) < 4.78 is 5.57. The molecule has 1 fully saturated rings. The Balaban J connectivity index is 2.04. The van der Waals surface area contributed by atoms with Crippen LogP contribution in [0.2, 0.25) is 0 Å². The van der Waals surface area contributed by atoms with Crippen molar-refractivity contribution in [2.75, 3.05) is 0 Å². The quantitative estimate of drug-likeness (QED) is 0.793. The highest BCUT2D eigenvalue weighted by molar-refractivity contribution is 5.84. The zero-order valence-electron chi connectivity index (χ0n) is 12.2. The minimum Gasteiger partial charge on any atom is -0.507 e. The Bertz CT molecular complexity index is 712. The van der Waals surface area contributed by atoms with Gasteiger partial charge in [-0.25, -0.2) is 0 Å². The Hall–Kier alpha value is -1.81.